The molecule has 5 rings (SSSR count). The largest absolute Gasteiger partial charge is 0.493 e. The molecule has 0 bridgehead atoms. The van der Waals surface area contributed by atoms with Gasteiger partial charge in [0.05, 0.1) is 6.61 Å². The number of carbonyl (C=O) groups is 2. The Bertz CT molecular complexity index is 2700. The molecule has 5 aromatic rings. The van der Waals surface area contributed by atoms with Gasteiger partial charge in [-0.2, -0.15) is 0 Å². The molecule has 0 aromatic heterocycles. The first kappa shape index (κ1) is 59.9. The summed E-state index contributed by atoms with van der Waals surface area (Å²) in [5.74, 6) is 2.12. The van der Waals surface area contributed by atoms with Gasteiger partial charge in [0, 0.05) is 34.5 Å². The average molecular weight is 1020 g/mol. The number of hydrogen-bond donors (Lipinski definition) is 2. The fraction of sp³-hybridized carbons (Fsp3) is 0.515. The number of anilines is 2. The Kier molecular flexibility index (Phi) is 19.5. The summed E-state index contributed by atoms with van der Waals surface area (Å²) in [5.41, 5.74) is 6.25. The van der Waals surface area contributed by atoms with Crippen molar-refractivity contribution in [3.63, 3.8) is 0 Å². The predicted octanol–water partition coefficient (Wildman–Crippen LogP) is 18.5. The van der Waals surface area contributed by atoms with E-state index in [1.54, 1.807) is 48.5 Å². The molecular formula is C66H91N2O7. The van der Waals surface area contributed by atoms with Crippen LogP contribution in [0.25, 0.3) is 0 Å². The fourth-order valence-corrected chi connectivity index (χ4v) is 9.46. The fourth-order valence-electron chi connectivity index (χ4n) is 9.46. The van der Waals surface area contributed by atoms with Gasteiger partial charge in [0.25, 0.3) is 5.91 Å². The minimum absolute atomic E-state index is 0.00899. The van der Waals surface area contributed by atoms with Crippen molar-refractivity contribution >= 4 is 23.2 Å². The predicted molar refractivity (Wildman–Crippen MR) is 310 cm³/mol. The zero-order valence-corrected chi connectivity index (χ0v) is 49.0. The van der Waals surface area contributed by atoms with E-state index < -0.39 is 11.5 Å². The second-order valence-corrected chi connectivity index (χ2v) is 25.0. The Morgan fingerprint density at radius 3 is 1.45 bits per heavy atom. The van der Waals surface area contributed by atoms with Crippen LogP contribution in [0.3, 0.4) is 0 Å². The molecule has 0 saturated carbocycles. The highest BCUT2D eigenvalue weighted by atomic mass is 16.5. The monoisotopic (exact) mass is 1020 g/mol. The Morgan fingerprint density at radius 2 is 0.973 bits per heavy atom. The topological polar surface area (TPSA) is 115 Å². The van der Waals surface area contributed by atoms with Gasteiger partial charge >= 0.3 is 0 Å². The van der Waals surface area contributed by atoms with Crippen molar-refractivity contribution < 1.29 is 33.6 Å². The number of carbonyl (C=O) groups excluding carboxylic acids is 2. The zero-order chi connectivity index (χ0) is 55.7. The van der Waals surface area contributed by atoms with Crippen molar-refractivity contribution in [3.05, 3.63) is 125 Å². The molecule has 2 amide bonds. The van der Waals surface area contributed by atoms with E-state index in [0.29, 0.717) is 48.1 Å². The third kappa shape index (κ3) is 15.6. The normalized spacial score (nSPS) is 13.0. The standard InChI is InChI=1S/C66H91N2O7/c1-19-54(75-56-39-27-45(63(11,12)21-3)42-52(56)65(15,16)23-5)60(71)68-47-30-34-48(35-31-47)73-58-50(66(17,18)43-61(6,7)8)36-37-53(69)59(58)74-49-32-28-46(29-33-49)67-57(70)25-24-40-72-55-38-26-44(62(9,10)20-2)41-51(55)64(13,14)22-4/h26-39,41-42,54H,19-25,40,43H2,1-18H3,(H,67,70)(H,68,71). The average Bonchev–Trinajstić information content (AvgIpc) is 3.35. The Labute approximate surface area is 451 Å². The SMILES string of the molecule is CCC(Oc1ccc(C(C)(C)CC)cc1C(C)(C)CC)C(=O)Nc1ccc(Oc2c(C(C)(C)CC(C)(C)C)ccc([O])c2Oc2ccc(NC(=O)CCCOc3ccc(C(C)(C)CC)cc3C(C)(C)CC)cc2)cc1. The molecule has 5 aromatic carbocycles. The van der Waals surface area contributed by atoms with Gasteiger partial charge in [0.1, 0.15) is 23.0 Å². The van der Waals surface area contributed by atoms with Crippen LogP contribution in [-0.2, 0) is 41.8 Å². The maximum atomic E-state index is 13.9. The third-order valence-electron chi connectivity index (χ3n) is 15.7. The second-order valence-electron chi connectivity index (χ2n) is 25.0. The molecule has 1 atom stereocenters. The van der Waals surface area contributed by atoms with E-state index in [0.717, 1.165) is 54.7 Å². The lowest BCUT2D eigenvalue weighted by Crippen LogP contribution is -2.33. The van der Waals surface area contributed by atoms with E-state index in [1.165, 1.54) is 22.8 Å². The summed E-state index contributed by atoms with van der Waals surface area (Å²) in [7, 11) is 0. The van der Waals surface area contributed by atoms with Gasteiger partial charge in [-0.1, -0.05) is 155 Å². The lowest BCUT2D eigenvalue weighted by Gasteiger charge is -2.34. The molecule has 9 heteroatoms. The molecule has 407 valence electrons. The number of hydrogen-bond acceptors (Lipinski definition) is 6. The van der Waals surface area contributed by atoms with E-state index in [1.807, 2.05) is 19.1 Å². The summed E-state index contributed by atoms with van der Waals surface area (Å²) in [6, 6.07) is 30.4. The molecule has 2 N–H and O–H groups in total. The number of ether oxygens (including phenoxy) is 4. The van der Waals surface area contributed by atoms with Gasteiger partial charge in [-0.25, -0.2) is 0 Å². The van der Waals surface area contributed by atoms with E-state index in [-0.39, 0.29) is 56.8 Å². The lowest BCUT2D eigenvalue weighted by molar-refractivity contribution is -0.123. The quantitative estimate of drug-likeness (QED) is 0.0563. The van der Waals surface area contributed by atoms with Crippen molar-refractivity contribution in [1.29, 1.82) is 0 Å². The van der Waals surface area contributed by atoms with Crippen LogP contribution in [0.1, 0.15) is 204 Å². The maximum absolute atomic E-state index is 13.9. The Balaban J connectivity index is 1.30. The molecule has 0 heterocycles. The number of nitrogens with one attached hydrogen (secondary N) is 2. The van der Waals surface area contributed by atoms with Crippen LogP contribution in [-0.4, -0.2) is 24.5 Å². The zero-order valence-electron chi connectivity index (χ0n) is 49.0. The molecular weight excluding hydrogens is 933 g/mol. The van der Waals surface area contributed by atoms with Crippen LogP contribution < -0.4 is 29.6 Å². The smallest absolute Gasteiger partial charge is 0.265 e. The minimum atomic E-state index is -0.722. The molecule has 0 fully saturated rings. The minimum Gasteiger partial charge on any atom is -0.493 e. The first-order valence-corrected chi connectivity index (χ1v) is 27.6. The van der Waals surface area contributed by atoms with E-state index in [4.69, 9.17) is 18.9 Å². The Hall–Kier alpha value is -5.96. The molecule has 0 aliphatic carbocycles. The van der Waals surface area contributed by atoms with Crippen molar-refractivity contribution in [3.8, 4) is 40.2 Å². The van der Waals surface area contributed by atoms with Gasteiger partial charge < -0.3 is 29.6 Å². The van der Waals surface area contributed by atoms with Gasteiger partial charge in [-0.05, 0) is 155 Å². The molecule has 0 aliphatic rings. The van der Waals surface area contributed by atoms with E-state index >= 15 is 0 Å². The van der Waals surface area contributed by atoms with Gasteiger partial charge in [-0.3, -0.25) is 14.7 Å². The number of benzene rings is 5. The molecule has 0 saturated heterocycles. The lowest BCUT2D eigenvalue weighted by atomic mass is 9.72. The number of amides is 2. The van der Waals surface area contributed by atoms with Crippen LogP contribution in [0.15, 0.2) is 97.1 Å². The van der Waals surface area contributed by atoms with Crippen LogP contribution >= 0.6 is 0 Å². The molecule has 75 heavy (non-hydrogen) atoms. The summed E-state index contributed by atoms with van der Waals surface area (Å²) >= 11 is 0. The van der Waals surface area contributed by atoms with Crippen LogP contribution in [0, 0.1) is 5.41 Å². The highest BCUT2D eigenvalue weighted by Crippen LogP contribution is 2.51. The maximum Gasteiger partial charge on any atom is 0.265 e. The van der Waals surface area contributed by atoms with Gasteiger partial charge in [0.2, 0.25) is 17.4 Å². The number of rotatable bonds is 25. The van der Waals surface area contributed by atoms with E-state index in [9.17, 15) is 14.7 Å². The van der Waals surface area contributed by atoms with Crippen molar-refractivity contribution in [1.82, 2.24) is 0 Å². The van der Waals surface area contributed by atoms with Crippen molar-refractivity contribution in [2.24, 2.45) is 5.41 Å². The molecule has 1 unspecified atom stereocenters. The van der Waals surface area contributed by atoms with E-state index in [2.05, 4.69) is 159 Å². The summed E-state index contributed by atoms with van der Waals surface area (Å²) in [6.45, 7) is 40.0. The molecule has 1 radical (unpaired) electrons. The highest BCUT2D eigenvalue weighted by Gasteiger charge is 2.34. The second kappa shape index (κ2) is 24.4. The van der Waals surface area contributed by atoms with Crippen molar-refractivity contribution in [2.45, 2.75) is 209 Å². The van der Waals surface area contributed by atoms with Crippen LogP contribution in [0.5, 0.6) is 40.2 Å². The van der Waals surface area contributed by atoms with Crippen LogP contribution in [0.2, 0.25) is 0 Å². The molecule has 0 aliphatic heterocycles. The summed E-state index contributed by atoms with van der Waals surface area (Å²) in [6.07, 6.45) is 5.32. The first-order chi connectivity index (χ1) is 35.0. The third-order valence-corrected chi connectivity index (χ3v) is 15.7. The summed E-state index contributed by atoms with van der Waals surface area (Å²) in [4.78, 5) is 27.0. The first-order valence-electron chi connectivity index (χ1n) is 27.6. The highest BCUT2D eigenvalue weighted by molar-refractivity contribution is 5.94. The van der Waals surface area contributed by atoms with Gasteiger partial charge in [0.15, 0.2) is 11.9 Å². The van der Waals surface area contributed by atoms with Crippen LogP contribution in [0.4, 0.5) is 11.4 Å². The van der Waals surface area contributed by atoms with Gasteiger partial charge in [-0.15, -0.1) is 0 Å². The van der Waals surface area contributed by atoms with Crippen molar-refractivity contribution in [2.75, 3.05) is 17.2 Å². The molecule has 9 nitrogen and oxygen atoms in total. The summed E-state index contributed by atoms with van der Waals surface area (Å²) in [5, 5.41) is 19.9. The summed E-state index contributed by atoms with van der Waals surface area (Å²) < 4.78 is 26.0. The molecule has 0 spiro atoms. The Morgan fingerprint density at radius 1 is 0.507 bits per heavy atom.